The van der Waals surface area contributed by atoms with Crippen molar-refractivity contribution in [1.82, 2.24) is 14.5 Å². The summed E-state index contributed by atoms with van der Waals surface area (Å²) < 4.78 is 37.6. The molecule has 2 heterocycles. The van der Waals surface area contributed by atoms with Gasteiger partial charge >= 0.3 is 0 Å². The van der Waals surface area contributed by atoms with Crippen LogP contribution in [0.1, 0.15) is 29.8 Å². The zero-order valence-electron chi connectivity index (χ0n) is 17.2. The number of rotatable bonds is 7. The van der Waals surface area contributed by atoms with Crippen LogP contribution in [0.2, 0.25) is 0 Å². The second-order valence-electron chi connectivity index (χ2n) is 7.74. The molecule has 0 aliphatic carbocycles. The number of benzene rings is 1. The van der Waals surface area contributed by atoms with Crippen LogP contribution in [0.5, 0.6) is 0 Å². The van der Waals surface area contributed by atoms with Crippen LogP contribution in [0, 0.1) is 0 Å². The third-order valence-electron chi connectivity index (χ3n) is 5.12. The van der Waals surface area contributed by atoms with Crippen molar-refractivity contribution in [2.24, 2.45) is 0 Å². The summed E-state index contributed by atoms with van der Waals surface area (Å²) >= 11 is 0. The van der Waals surface area contributed by atoms with Gasteiger partial charge in [-0.1, -0.05) is 12.1 Å². The van der Waals surface area contributed by atoms with Gasteiger partial charge in [0, 0.05) is 44.8 Å². The topological polar surface area (TPSA) is 88.2 Å². The molecule has 0 radical (unpaired) electrons. The number of nitrogens with one attached hydrogen (secondary N) is 1. The molecule has 1 N–H and O–H groups in total. The summed E-state index contributed by atoms with van der Waals surface area (Å²) in [7, 11) is -3.43. The maximum absolute atomic E-state index is 12.6. The SMILES string of the molecule is CC1CN(S(=O)(=O)CCNC(=O)c2cccc(CN3CCOCC3)c2)CC(C)O1. The summed E-state index contributed by atoms with van der Waals surface area (Å²) in [6.07, 6.45) is -0.255. The quantitative estimate of drug-likeness (QED) is 0.692. The van der Waals surface area contributed by atoms with Crippen LogP contribution in [0.15, 0.2) is 24.3 Å². The molecule has 2 unspecified atom stereocenters. The third kappa shape index (κ3) is 6.48. The first-order chi connectivity index (χ1) is 13.8. The highest BCUT2D eigenvalue weighted by molar-refractivity contribution is 7.89. The standard InChI is InChI=1S/C20H31N3O5S/c1-16-13-23(14-17(2)28-16)29(25,26)11-6-21-20(24)19-5-3-4-18(12-19)15-22-7-9-27-10-8-22/h3-5,12,16-17H,6-11,13-15H2,1-2H3,(H,21,24). The lowest BCUT2D eigenvalue weighted by Gasteiger charge is -2.34. The summed E-state index contributed by atoms with van der Waals surface area (Å²) in [5.74, 6) is -0.376. The zero-order valence-corrected chi connectivity index (χ0v) is 18.0. The fourth-order valence-corrected chi connectivity index (χ4v) is 5.20. The maximum Gasteiger partial charge on any atom is 0.251 e. The number of carbonyl (C=O) groups is 1. The number of carbonyl (C=O) groups excluding carboxylic acids is 1. The molecule has 8 nitrogen and oxygen atoms in total. The van der Waals surface area contributed by atoms with Crippen LogP contribution in [-0.4, -0.2) is 87.4 Å². The molecule has 1 aromatic rings. The molecule has 2 aliphatic heterocycles. The lowest BCUT2D eigenvalue weighted by atomic mass is 10.1. The Morgan fingerprint density at radius 3 is 2.55 bits per heavy atom. The summed E-state index contributed by atoms with van der Waals surface area (Å²) in [5, 5.41) is 2.74. The molecule has 2 saturated heterocycles. The van der Waals surface area contributed by atoms with Crippen molar-refractivity contribution in [2.45, 2.75) is 32.6 Å². The fourth-order valence-electron chi connectivity index (χ4n) is 3.71. The molecule has 0 bridgehead atoms. The van der Waals surface area contributed by atoms with Gasteiger partial charge in [-0.3, -0.25) is 9.69 Å². The summed E-state index contributed by atoms with van der Waals surface area (Å²) in [4.78, 5) is 14.8. The van der Waals surface area contributed by atoms with E-state index in [1.54, 1.807) is 6.07 Å². The minimum atomic E-state index is -3.43. The fraction of sp³-hybridized carbons (Fsp3) is 0.650. The average Bonchev–Trinajstić information content (AvgIpc) is 2.68. The highest BCUT2D eigenvalue weighted by Crippen LogP contribution is 2.15. The summed E-state index contributed by atoms with van der Waals surface area (Å²) in [6, 6.07) is 7.47. The van der Waals surface area contributed by atoms with E-state index >= 15 is 0 Å². The molecule has 9 heteroatoms. The van der Waals surface area contributed by atoms with Crippen molar-refractivity contribution in [1.29, 1.82) is 0 Å². The Morgan fingerprint density at radius 2 is 1.86 bits per heavy atom. The van der Waals surface area contributed by atoms with Gasteiger partial charge in [-0.2, -0.15) is 4.31 Å². The Hall–Kier alpha value is -1.52. The van der Waals surface area contributed by atoms with E-state index in [2.05, 4.69) is 10.2 Å². The molecule has 29 heavy (non-hydrogen) atoms. The first kappa shape index (κ1) is 22.2. The molecular weight excluding hydrogens is 394 g/mol. The molecular formula is C20H31N3O5S. The molecule has 0 aromatic heterocycles. The van der Waals surface area contributed by atoms with Crippen LogP contribution in [-0.2, 0) is 26.0 Å². The van der Waals surface area contributed by atoms with Gasteiger partial charge in [-0.25, -0.2) is 8.42 Å². The van der Waals surface area contributed by atoms with Gasteiger partial charge in [0.05, 0.1) is 31.2 Å². The number of sulfonamides is 1. The Balaban J connectivity index is 1.50. The van der Waals surface area contributed by atoms with Crippen LogP contribution in [0.3, 0.4) is 0 Å². The van der Waals surface area contributed by atoms with E-state index in [4.69, 9.17) is 9.47 Å². The summed E-state index contributed by atoms with van der Waals surface area (Å²) in [5.41, 5.74) is 1.60. The average molecular weight is 426 g/mol. The van der Waals surface area contributed by atoms with Gasteiger partial charge in [-0.15, -0.1) is 0 Å². The molecule has 162 valence electrons. The van der Waals surface area contributed by atoms with Gasteiger partial charge in [0.1, 0.15) is 0 Å². The van der Waals surface area contributed by atoms with Gasteiger partial charge in [-0.05, 0) is 31.5 Å². The largest absolute Gasteiger partial charge is 0.379 e. The third-order valence-corrected chi connectivity index (χ3v) is 6.93. The van der Waals surface area contributed by atoms with Crippen molar-refractivity contribution < 1.29 is 22.7 Å². The maximum atomic E-state index is 12.6. The van der Waals surface area contributed by atoms with Crippen LogP contribution in [0.25, 0.3) is 0 Å². The number of hydrogen-bond acceptors (Lipinski definition) is 6. The van der Waals surface area contributed by atoms with Gasteiger partial charge in [0.15, 0.2) is 0 Å². The Labute approximate surface area is 173 Å². The monoisotopic (exact) mass is 425 g/mol. The van der Waals surface area contributed by atoms with E-state index in [1.807, 2.05) is 32.0 Å². The van der Waals surface area contributed by atoms with E-state index in [0.717, 1.165) is 38.4 Å². The smallest absolute Gasteiger partial charge is 0.251 e. The second-order valence-corrected chi connectivity index (χ2v) is 9.82. The van der Waals surface area contributed by atoms with Crippen LogP contribution < -0.4 is 5.32 Å². The van der Waals surface area contributed by atoms with Gasteiger partial charge in [0.2, 0.25) is 10.0 Å². The number of amides is 1. The zero-order chi connectivity index (χ0) is 20.9. The number of ether oxygens (including phenoxy) is 2. The number of hydrogen-bond donors (Lipinski definition) is 1. The van der Waals surface area contributed by atoms with Gasteiger partial charge in [0.25, 0.3) is 5.91 Å². The Morgan fingerprint density at radius 1 is 1.17 bits per heavy atom. The lowest BCUT2D eigenvalue weighted by Crippen LogP contribution is -2.49. The van der Waals surface area contributed by atoms with Crippen molar-refractivity contribution >= 4 is 15.9 Å². The first-order valence-corrected chi connectivity index (χ1v) is 11.7. The predicted molar refractivity (Wildman–Crippen MR) is 110 cm³/mol. The van der Waals surface area contributed by atoms with E-state index in [0.29, 0.717) is 18.7 Å². The van der Waals surface area contributed by atoms with Gasteiger partial charge < -0.3 is 14.8 Å². The minimum absolute atomic E-state index is 0.0784. The highest BCUT2D eigenvalue weighted by atomic mass is 32.2. The van der Waals surface area contributed by atoms with E-state index in [9.17, 15) is 13.2 Å². The molecule has 2 atom stereocenters. The number of morpholine rings is 2. The molecule has 1 aromatic carbocycles. The van der Waals surface area contributed by atoms with E-state index in [-0.39, 0.29) is 30.4 Å². The molecule has 0 saturated carbocycles. The molecule has 1 amide bonds. The number of nitrogens with zero attached hydrogens (tertiary/aromatic N) is 2. The molecule has 3 rings (SSSR count). The highest BCUT2D eigenvalue weighted by Gasteiger charge is 2.30. The Kier molecular flexibility index (Phi) is 7.64. The summed E-state index contributed by atoms with van der Waals surface area (Å²) in [6.45, 7) is 8.51. The van der Waals surface area contributed by atoms with Crippen molar-refractivity contribution in [2.75, 3.05) is 51.7 Å². The van der Waals surface area contributed by atoms with Crippen molar-refractivity contribution in [3.8, 4) is 0 Å². The van der Waals surface area contributed by atoms with Crippen molar-refractivity contribution in [3.05, 3.63) is 35.4 Å². The normalized spacial score (nSPS) is 24.3. The van der Waals surface area contributed by atoms with E-state index in [1.165, 1.54) is 4.31 Å². The second kappa shape index (κ2) is 9.99. The van der Waals surface area contributed by atoms with Crippen LogP contribution in [0.4, 0.5) is 0 Å². The molecule has 2 fully saturated rings. The van der Waals surface area contributed by atoms with Crippen LogP contribution >= 0.6 is 0 Å². The van der Waals surface area contributed by atoms with E-state index < -0.39 is 10.0 Å². The lowest BCUT2D eigenvalue weighted by molar-refractivity contribution is -0.0440. The van der Waals surface area contributed by atoms with Crippen molar-refractivity contribution in [3.63, 3.8) is 0 Å². The molecule has 0 spiro atoms. The first-order valence-electron chi connectivity index (χ1n) is 10.1. The minimum Gasteiger partial charge on any atom is -0.379 e. The Bertz CT molecular complexity index is 785. The predicted octanol–water partition coefficient (Wildman–Crippen LogP) is 0.688. The molecule has 2 aliphatic rings.